The number of hydrogen-bond acceptors (Lipinski definition) is 3. The van der Waals surface area contributed by atoms with Crippen molar-refractivity contribution in [2.45, 2.75) is 129 Å². The summed E-state index contributed by atoms with van der Waals surface area (Å²) in [6.07, 6.45) is 18.6. The molecule has 0 N–H and O–H groups in total. The molecule has 0 aliphatic carbocycles. The van der Waals surface area contributed by atoms with Crippen molar-refractivity contribution in [3.8, 4) is 5.75 Å². The van der Waals surface area contributed by atoms with E-state index in [1.54, 1.807) is 0 Å². The van der Waals surface area contributed by atoms with Gasteiger partial charge in [-0.2, -0.15) is 0 Å². The number of quaternary nitrogens is 1. The van der Waals surface area contributed by atoms with Crippen LogP contribution < -0.4 is 4.74 Å². The van der Waals surface area contributed by atoms with Crippen LogP contribution in [0.4, 0.5) is 0 Å². The maximum Gasteiger partial charge on any atom is 0.309 e. The molecule has 2 rings (SSSR count). The standard InChI is InChI=1S/C36H58NO3/c1-5-7-8-9-10-11-12-13-14-15-16-20-26-33-27-21-22-28-34(33)39-36(6-2)40-35(38)29-23-30-37(3,4)31-32-24-18-17-19-25-32/h17-19,21-22,24-25,27-28,36H,5-16,20,23,26,29-31H2,1-4H3/q+1. The fourth-order valence-electron chi connectivity index (χ4n) is 5.33. The summed E-state index contributed by atoms with van der Waals surface area (Å²) < 4.78 is 12.8. The Kier molecular flexibility index (Phi) is 17.4. The number of nitrogens with zero attached hydrogens (tertiary/aromatic N) is 1. The lowest BCUT2D eigenvalue weighted by Gasteiger charge is -2.30. The summed E-state index contributed by atoms with van der Waals surface area (Å²) in [7, 11) is 4.42. The minimum atomic E-state index is -0.539. The zero-order valence-corrected chi connectivity index (χ0v) is 26.2. The number of rotatable bonds is 23. The molecule has 0 bridgehead atoms. The highest BCUT2D eigenvalue weighted by Gasteiger charge is 2.19. The van der Waals surface area contributed by atoms with Gasteiger partial charge in [-0.05, 0) is 24.5 Å². The molecule has 0 radical (unpaired) electrons. The number of benzene rings is 2. The van der Waals surface area contributed by atoms with Gasteiger partial charge in [0, 0.05) is 18.4 Å². The molecule has 0 aliphatic rings. The van der Waals surface area contributed by atoms with Gasteiger partial charge >= 0.3 is 5.97 Å². The van der Waals surface area contributed by atoms with Gasteiger partial charge in [-0.15, -0.1) is 0 Å². The Hall–Kier alpha value is -2.33. The largest absolute Gasteiger partial charge is 0.455 e. The molecule has 0 aromatic heterocycles. The van der Waals surface area contributed by atoms with Crippen molar-refractivity contribution in [3.63, 3.8) is 0 Å². The monoisotopic (exact) mass is 552 g/mol. The molecule has 0 heterocycles. The van der Waals surface area contributed by atoms with E-state index >= 15 is 0 Å². The highest BCUT2D eigenvalue weighted by atomic mass is 16.7. The van der Waals surface area contributed by atoms with Gasteiger partial charge in [-0.25, -0.2) is 0 Å². The third kappa shape index (κ3) is 15.5. The Morgan fingerprint density at radius 1 is 0.725 bits per heavy atom. The topological polar surface area (TPSA) is 35.5 Å². The molecule has 1 atom stereocenters. The Balaban J connectivity index is 1.64. The highest BCUT2D eigenvalue weighted by Crippen LogP contribution is 2.23. The van der Waals surface area contributed by atoms with E-state index in [0.29, 0.717) is 12.8 Å². The Morgan fingerprint density at radius 3 is 1.93 bits per heavy atom. The number of ether oxygens (including phenoxy) is 2. The summed E-state index contributed by atoms with van der Waals surface area (Å²) in [6, 6.07) is 18.8. The molecule has 0 saturated heterocycles. The van der Waals surface area contributed by atoms with Gasteiger partial charge in [0.05, 0.1) is 27.1 Å². The molecule has 2 aromatic carbocycles. The van der Waals surface area contributed by atoms with Gasteiger partial charge in [0.15, 0.2) is 0 Å². The molecule has 0 spiro atoms. The third-order valence-corrected chi connectivity index (χ3v) is 7.72. The molecule has 4 nitrogen and oxygen atoms in total. The number of carbonyl (C=O) groups excluding carboxylic acids is 1. The first-order valence-electron chi connectivity index (χ1n) is 16.2. The highest BCUT2D eigenvalue weighted by molar-refractivity contribution is 5.69. The number of unbranched alkanes of at least 4 members (excludes halogenated alkanes) is 11. The lowest BCUT2D eigenvalue weighted by atomic mass is 10.0. The van der Waals surface area contributed by atoms with Crippen LogP contribution >= 0.6 is 0 Å². The maximum atomic E-state index is 12.6. The molecule has 4 heteroatoms. The van der Waals surface area contributed by atoms with Gasteiger partial charge in [0.1, 0.15) is 12.3 Å². The first kappa shape index (κ1) is 33.9. The van der Waals surface area contributed by atoms with Crippen molar-refractivity contribution in [3.05, 3.63) is 65.7 Å². The molecular weight excluding hydrogens is 494 g/mol. The predicted molar refractivity (Wildman–Crippen MR) is 168 cm³/mol. The predicted octanol–water partition coefficient (Wildman–Crippen LogP) is 9.65. The quantitative estimate of drug-likeness (QED) is 0.0596. The molecule has 224 valence electrons. The Bertz CT molecular complexity index is 911. The van der Waals surface area contributed by atoms with E-state index in [1.807, 2.05) is 25.1 Å². The maximum absolute atomic E-state index is 12.6. The summed E-state index contributed by atoms with van der Waals surface area (Å²) >= 11 is 0. The number of hydrogen-bond donors (Lipinski definition) is 0. The number of para-hydroxylation sites is 1. The Morgan fingerprint density at radius 2 is 1.30 bits per heavy atom. The summed E-state index contributed by atoms with van der Waals surface area (Å²) in [5.41, 5.74) is 2.53. The second-order valence-electron chi connectivity index (χ2n) is 12.1. The first-order valence-corrected chi connectivity index (χ1v) is 16.2. The average molecular weight is 553 g/mol. The van der Waals surface area contributed by atoms with Crippen molar-refractivity contribution in [2.75, 3.05) is 20.6 Å². The molecule has 40 heavy (non-hydrogen) atoms. The van der Waals surface area contributed by atoms with Crippen LogP contribution in [0.15, 0.2) is 54.6 Å². The van der Waals surface area contributed by atoms with E-state index in [1.165, 1.54) is 88.2 Å². The molecular formula is C36H58NO3+. The molecule has 0 aliphatic heterocycles. The van der Waals surface area contributed by atoms with Gasteiger partial charge in [0.25, 0.3) is 0 Å². The third-order valence-electron chi connectivity index (χ3n) is 7.72. The van der Waals surface area contributed by atoms with Crippen molar-refractivity contribution >= 4 is 5.97 Å². The van der Waals surface area contributed by atoms with Crippen LogP contribution in [0.25, 0.3) is 0 Å². The smallest absolute Gasteiger partial charge is 0.309 e. The van der Waals surface area contributed by atoms with E-state index < -0.39 is 6.29 Å². The first-order chi connectivity index (χ1) is 19.4. The van der Waals surface area contributed by atoms with Crippen molar-refractivity contribution in [1.82, 2.24) is 0 Å². The minimum Gasteiger partial charge on any atom is -0.455 e. The van der Waals surface area contributed by atoms with E-state index in [4.69, 9.17) is 9.47 Å². The normalized spacial score (nSPS) is 12.3. The summed E-state index contributed by atoms with van der Waals surface area (Å²) in [4.78, 5) is 12.6. The molecule has 1 unspecified atom stereocenters. The summed E-state index contributed by atoms with van der Waals surface area (Å²) in [5, 5.41) is 0. The van der Waals surface area contributed by atoms with E-state index in [2.05, 4.69) is 57.4 Å². The van der Waals surface area contributed by atoms with Crippen LogP contribution in [-0.2, 0) is 22.5 Å². The van der Waals surface area contributed by atoms with E-state index in [0.717, 1.165) is 36.2 Å². The molecule has 2 aromatic rings. The lowest BCUT2D eigenvalue weighted by Crippen LogP contribution is -2.39. The lowest BCUT2D eigenvalue weighted by molar-refractivity contribution is -0.903. The van der Waals surface area contributed by atoms with Crippen LogP contribution in [0.1, 0.15) is 121 Å². The van der Waals surface area contributed by atoms with E-state index in [9.17, 15) is 4.79 Å². The van der Waals surface area contributed by atoms with Crippen LogP contribution in [-0.4, -0.2) is 37.4 Å². The second-order valence-corrected chi connectivity index (χ2v) is 12.1. The second kappa shape index (κ2) is 20.5. The van der Waals surface area contributed by atoms with Crippen molar-refractivity contribution in [2.24, 2.45) is 0 Å². The average Bonchev–Trinajstić information content (AvgIpc) is 2.94. The van der Waals surface area contributed by atoms with Gasteiger partial charge < -0.3 is 14.0 Å². The molecule has 0 saturated carbocycles. The Labute approximate surface area is 246 Å². The van der Waals surface area contributed by atoms with Gasteiger partial charge in [-0.3, -0.25) is 4.79 Å². The summed E-state index contributed by atoms with van der Waals surface area (Å²) in [6.45, 7) is 6.16. The fraction of sp³-hybridized carbons (Fsp3) is 0.639. The van der Waals surface area contributed by atoms with Crippen molar-refractivity contribution in [1.29, 1.82) is 0 Å². The zero-order chi connectivity index (χ0) is 28.9. The van der Waals surface area contributed by atoms with E-state index in [-0.39, 0.29) is 5.97 Å². The fourth-order valence-corrected chi connectivity index (χ4v) is 5.33. The number of aryl methyl sites for hydroxylation is 1. The number of esters is 1. The van der Waals surface area contributed by atoms with Crippen LogP contribution in [0.3, 0.4) is 0 Å². The SMILES string of the molecule is CCCCCCCCCCCCCCc1ccccc1OC(CC)OC(=O)CCC[N+](C)(C)Cc1ccccc1. The summed E-state index contributed by atoms with van der Waals surface area (Å²) in [5.74, 6) is 0.677. The molecule has 0 fully saturated rings. The van der Waals surface area contributed by atoms with Gasteiger partial charge in [0.2, 0.25) is 6.29 Å². The molecule has 0 amide bonds. The van der Waals surface area contributed by atoms with Gasteiger partial charge in [-0.1, -0.05) is 133 Å². The minimum absolute atomic E-state index is 0.176. The van der Waals surface area contributed by atoms with Crippen LogP contribution in [0, 0.1) is 0 Å². The van der Waals surface area contributed by atoms with Crippen LogP contribution in [0.5, 0.6) is 5.75 Å². The zero-order valence-electron chi connectivity index (χ0n) is 26.2. The van der Waals surface area contributed by atoms with Crippen LogP contribution in [0.2, 0.25) is 0 Å². The van der Waals surface area contributed by atoms with Crippen molar-refractivity contribution < 1.29 is 18.8 Å². The number of carbonyl (C=O) groups is 1.